The lowest BCUT2D eigenvalue weighted by molar-refractivity contribution is 0.424. The minimum Gasteiger partial charge on any atom is -0.308 e. The van der Waals surface area contributed by atoms with Crippen molar-refractivity contribution in [3.63, 3.8) is 0 Å². The predicted octanol–water partition coefficient (Wildman–Crippen LogP) is 2.96. The molecule has 102 valence electrons. The summed E-state index contributed by atoms with van der Waals surface area (Å²) < 4.78 is 14.9. The Hall–Kier alpha value is -1.68. The first-order valence-corrected chi connectivity index (χ1v) is 6.43. The summed E-state index contributed by atoms with van der Waals surface area (Å²) in [5.74, 6) is -0.209. The highest BCUT2D eigenvalue weighted by Gasteiger charge is 2.09. The van der Waals surface area contributed by atoms with Crippen molar-refractivity contribution >= 4 is 0 Å². The Morgan fingerprint density at radius 2 is 2.05 bits per heavy atom. The van der Waals surface area contributed by atoms with Crippen LogP contribution >= 0.6 is 0 Å². The molecule has 0 bridgehead atoms. The maximum absolute atomic E-state index is 13.1. The van der Waals surface area contributed by atoms with E-state index in [2.05, 4.69) is 31.2 Å². The molecule has 4 heteroatoms. The lowest BCUT2D eigenvalue weighted by atomic mass is 10.1. The Labute approximate surface area is 113 Å². The summed E-state index contributed by atoms with van der Waals surface area (Å²) >= 11 is 0. The molecule has 3 nitrogen and oxygen atoms in total. The van der Waals surface area contributed by atoms with E-state index in [0.717, 1.165) is 17.7 Å². The van der Waals surface area contributed by atoms with Gasteiger partial charge in [0.25, 0.3) is 0 Å². The van der Waals surface area contributed by atoms with Gasteiger partial charge in [-0.2, -0.15) is 5.10 Å². The zero-order valence-electron chi connectivity index (χ0n) is 11.7. The molecule has 0 aliphatic heterocycles. The van der Waals surface area contributed by atoms with Crippen LogP contribution in [0.2, 0.25) is 0 Å². The van der Waals surface area contributed by atoms with Crippen LogP contribution in [0.3, 0.4) is 0 Å². The monoisotopic (exact) mass is 261 g/mol. The molecule has 2 rings (SSSR count). The maximum atomic E-state index is 13.1. The molecule has 0 unspecified atom stereocenters. The van der Waals surface area contributed by atoms with E-state index in [4.69, 9.17) is 0 Å². The quantitative estimate of drug-likeness (QED) is 0.917. The molecule has 0 atom stereocenters. The Balaban J connectivity index is 1.97. The van der Waals surface area contributed by atoms with Crippen LogP contribution in [0.1, 0.15) is 31.9 Å². The van der Waals surface area contributed by atoms with Crippen LogP contribution in [0.25, 0.3) is 0 Å². The molecule has 0 spiro atoms. The molecule has 0 fully saturated rings. The van der Waals surface area contributed by atoms with Crippen LogP contribution in [0.5, 0.6) is 0 Å². The molecule has 0 amide bonds. The fourth-order valence-corrected chi connectivity index (χ4v) is 1.77. The van der Waals surface area contributed by atoms with E-state index < -0.39 is 0 Å². The van der Waals surface area contributed by atoms with E-state index in [0.29, 0.717) is 6.54 Å². The molecule has 2 aromatic rings. The topological polar surface area (TPSA) is 29.9 Å². The maximum Gasteiger partial charge on any atom is 0.123 e. The van der Waals surface area contributed by atoms with Crippen molar-refractivity contribution in [3.8, 4) is 0 Å². The lowest BCUT2D eigenvalue weighted by Crippen LogP contribution is -2.34. The molecule has 19 heavy (non-hydrogen) atoms. The molecular formula is C15H20FN3. The second-order valence-electron chi connectivity index (χ2n) is 5.78. The summed E-state index contributed by atoms with van der Waals surface area (Å²) in [6, 6.07) is 6.61. The van der Waals surface area contributed by atoms with E-state index in [-0.39, 0.29) is 11.4 Å². The third-order valence-corrected chi connectivity index (χ3v) is 2.74. The average Bonchev–Trinajstić information content (AvgIpc) is 2.73. The van der Waals surface area contributed by atoms with Gasteiger partial charge in [0.2, 0.25) is 0 Å². The number of rotatable bonds is 4. The highest BCUT2D eigenvalue weighted by Crippen LogP contribution is 2.07. The molecule has 1 aromatic heterocycles. The van der Waals surface area contributed by atoms with Gasteiger partial charge in [0.1, 0.15) is 5.82 Å². The number of nitrogens with one attached hydrogen (secondary N) is 1. The van der Waals surface area contributed by atoms with Crippen LogP contribution in [0.15, 0.2) is 36.7 Å². The second kappa shape index (κ2) is 5.53. The minimum atomic E-state index is -0.209. The third kappa shape index (κ3) is 4.48. The van der Waals surface area contributed by atoms with Gasteiger partial charge in [0, 0.05) is 23.8 Å². The first kappa shape index (κ1) is 13.7. The van der Waals surface area contributed by atoms with Gasteiger partial charge in [-0.3, -0.25) is 4.68 Å². The van der Waals surface area contributed by atoms with Crippen LogP contribution in [-0.2, 0) is 13.1 Å². The van der Waals surface area contributed by atoms with Gasteiger partial charge >= 0.3 is 0 Å². The Morgan fingerprint density at radius 3 is 2.74 bits per heavy atom. The number of hydrogen-bond donors (Lipinski definition) is 1. The van der Waals surface area contributed by atoms with Gasteiger partial charge in [-0.1, -0.05) is 12.1 Å². The lowest BCUT2D eigenvalue weighted by Gasteiger charge is -2.19. The van der Waals surface area contributed by atoms with Crippen molar-refractivity contribution < 1.29 is 4.39 Å². The van der Waals surface area contributed by atoms with Gasteiger partial charge in [-0.05, 0) is 38.5 Å². The molecule has 0 aliphatic carbocycles. The first-order chi connectivity index (χ1) is 8.92. The molecule has 0 saturated heterocycles. The fourth-order valence-electron chi connectivity index (χ4n) is 1.77. The van der Waals surface area contributed by atoms with Crippen LogP contribution in [0.4, 0.5) is 4.39 Å². The van der Waals surface area contributed by atoms with Crippen molar-refractivity contribution in [1.82, 2.24) is 15.1 Å². The van der Waals surface area contributed by atoms with Crippen molar-refractivity contribution in [3.05, 3.63) is 53.6 Å². The first-order valence-electron chi connectivity index (χ1n) is 6.43. The number of benzene rings is 1. The van der Waals surface area contributed by atoms with Crippen molar-refractivity contribution in [2.75, 3.05) is 0 Å². The third-order valence-electron chi connectivity index (χ3n) is 2.74. The Bertz CT molecular complexity index is 540. The molecule has 0 radical (unpaired) electrons. The van der Waals surface area contributed by atoms with E-state index in [1.165, 1.54) is 12.1 Å². The van der Waals surface area contributed by atoms with Gasteiger partial charge in [-0.15, -0.1) is 0 Å². The summed E-state index contributed by atoms with van der Waals surface area (Å²) in [6.07, 6.45) is 3.84. The van der Waals surface area contributed by atoms with E-state index in [1.54, 1.807) is 6.07 Å². The van der Waals surface area contributed by atoms with Crippen molar-refractivity contribution in [2.45, 2.75) is 39.4 Å². The van der Waals surface area contributed by atoms with Gasteiger partial charge in [-0.25, -0.2) is 4.39 Å². The van der Waals surface area contributed by atoms with Crippen LogP contribution in [0, 0.1) is 5.82 Å². The normalized spacial score (nSPS) is 11.8. The van der Waals surface area contributed by atoms with Gasteiger partial charge < -0.3 is 5.32 Å². The largest absolute Gasteiger partial charge is 0.308 e. The van der Waals surface area contributed by atoms with Crippen molar-refractivity contribution in [1.29, 1.82) is 0 Å². The highest BCUT2D eigenvalue weighted by atomic mass is 19.1. The zero-order valence-corrected chi connectivity index (χ0v) is 11.7. The van der Waals surface area contributed by atoms with Crippen LogP contribution < -0.4 is 5.32 Å². The zero-order chi connectivity index (χ0) is 13.9. The van der Waals surface area contributed by atoms with Gasteiger partial charge in [0.15, 0.2) is 0 Å². The number of nitrogens with zero attached hydrogens (tertiary/aromatic N) is 2. The SMILES string of the molecule is CC(C)(C)NCc1cnn(Cc2cccc(F)c2)c1. The summed E-state index contributed by atoms with van der Waals surface area (Å²) in [6.45, 7) is 7.76. The molecule has 1 heterocycles. The van der Waals surface area contributed by atoms with E-state index in [1.807, 2.05) is 23.1 Å². The second-order valence-corrected chi connectivity index (χ2v) is 5.78. The average molecular weight is 261 g/mol. The minimum absolute atomic E-state index is 0.0880. The van der Waals surface area contributed by atoms with Crippen LogP contribution in [-0.4, -0.2) is 15.3 Å². The summed E-state index contributed by atoms with van der Waals surface area (Å²) in [4.78, 5) is 0. The molecule has 1 aromatic carbocycles. The summed E-state index contributed by atoms with van der Waals surface area (Å²) in [7, 11) is 0. The number of aromatic nitrogens is 2. The molecule has 0 saturated carbocycles. The Kier molecular flexibility index (Phi) is 4.00. The highest BCUT2D eigenvalue weighted by molar-refractivity contribution is 5.17. The predicted molar refractivity (Wildman–Crippen MR) is 74.3 cm³/mol. The van der Waals surface area contributed by atoms with E-state index in [9.17, 15) is 4.39 Å². The number of halogens is 1. The number of hydrogen-bond acceptors (Lipinski definition) is 2. The summed E-state index contributed by atoms with van der Waals surface area (Å²) in [5, 5.41) is 7.71. The van der Waals surface area contributed by atoms with E-state index >= 15 is 0 Å². The molecule has 0 aliphatic rings. The van der Waals surface area contributed by atoms with Gasteiger partial charge in [0.05, 0.1) is 12.7 Å². The fraction of sp³-hybridized carbons (Fsp3) is 0.400. The van der Waals surface area contributed by atoms with Crippen molar-refractivity contribution in [2.24, 2.45) is 0 Å². The Morgan fingerprint density at radius 1 is 1.26 bits per heavy atom. The summed E-state index contributed by atoms with van der Waals surface area (Å²) in [5.41, 5.74) is 2.13. The molecular weight excluding hydrogens is 241 g/mol. The smallest absolute Gasteiger partial charge is 0.123 e. The molecule has 1 N–H and O–H groups in total. The standard InChI is InChI=1S/C15H20FN3/c1-15(2,3)17-8-13-9-18-19(11-13)10-12-5-4-6-14(16)7-12/h4-7,9,11,17H,8,10H2,1-3H3.